The molecule has 1 unspecified atom stereocenters. The van der Waals surface area contributed by atoms with Gasteiger partial charge in [-0.3, -0.25) is 4.79 Å². The lowest BCUT2D eigenvalue weighted by Crippen LogP contribution is -2.45. The normalized spacial score (nSPS) is 20.4. The first kappa shape index (κ1) is 12.4. The number of carbonyl (C=O) groups is 1. The molecule has 0 saturated carbocycles. The Kier molecular flexibility index (Phi) is 3.69. The van der Waals surface area contributed by atoms with E-state index in [1.165, 1.54) is 0 Å². The van der Waals surface area contributed by atoms with Crippen molar-refractivity contribution in [1.29, 1.82) is 0 Å². The number of halogens is 1. The summed E-state index contributed by atoms with van der Waals surface area (Å²) in [6.45, 7) is 3.36. The van der Waals surface area contributed by atoms with Crippen LogP contribution in [0.1, 0.15) is 28.8 Å². The Morgan fingerprint density at radius 1 is 1.53 bits per heavy atom. The standard InChI is InChI=1S/C13H17ClN2O/c1-9-4-5-10(7-12(9)14)13(17)16-6-2-3-11(15)8-16/h4-5,7,11H,2-3,6,8,15H2,1H3. The molecule has 1 atom stereocenters. The fraction of sp³-hybridized carbons (Fsp3) is 0.462. The lowest BCUT2D eigenvalue weighted by Gasteiger charge is -2.30. The van der Waals surface area contributed by atoms with Crippen molar-refractivity contribution < 1.29 is 4.79 Å². The zero-order chi connectivity index (χ0) is 12.4. The summed E-state index contributed by atoms with van der Waals surface area (Å²) in [6.07, 6.45) is 1.98. The van der Waals surface area contributed by atoms with Crippen LogP contribution in [0, 0.1) is 6.92 Å². The fourth-order valence-corrected chi connectivity index (χ4v) is 2.28. The minimum atomic E-state index is 0.0297. The first-order valence-corrected chi connectivity index (χ1v) is 6.26. The van der Waals surface area contributed by atoms with Crippen LogP contribution in [0.4, 0.5) is 0 Å². The molecule has 1 heterocycles. The number of benzene rings is 1. The molecule has 4 heteroatoms. The molecule has 1 aliphatic heterocycles. The summed E-state index contributed by atoms with van der Waals surface area (Å²) in [5, 5.41) is 0.636. The van der Waals surface area contributed by atoms with E-state index in [1.54, 1.807) is 6.07 Å². The monoisotopic (exact) mass is 252 g/mol. The second-order valence-corrected chi connectivity index (χ2v) is 5.02. The van der Waals surface area contributed by atoms with E-state index >= 15 is 0 Å². The maximum atomic E-state index is 12.2. The molecular weight excluding hydrogens is 236 g/mol. The first-order valence-electron chi connectivity index (χ1n) is 5.89. The molecule has 0 bridgehead atoms. The average molecular weight is 253 g/mol. The zero-order valence-electron chi connectivity index (χ0n) is 9.95. The molecule has 0 radical (unpaired) electrons. The van der Waals surface area contributed by atoms with Gasteiger partial charge in [-0.05, 0) is 37.5 Å². The van der Waals surface area contributed by atoms with Crippen LogP contribution < -0.4 is 5.73 Å². The van der Waals surface area contributed by atoms with Crippen LogP contribution >= 0.6 is 11.6 Å². The Balaban J connectivity index is 2.15. The largest absolute Gasteiger partial charge is 0.337 e. The van der Waals surface area contributed by atoms with E-state index in [0.29, 0.717) is 17.1 Å². The van der Waals surface area contributed by atoms with Gasteiger partial charge in [-0.2, -0.15) is 0 Å². The van der Waals surface area contributed by atoms with Crippen LogP contribution in [0.3, 0.4) is 0 Å². The van der Waals surface area contributed by atoms with E-state index in [-0.39, 0.29) is 11.9 Å². The number of hydrogen-bond donors (Lipinski definition) is 1. The van der Waals surface area contributed by atoms with Crippen molar-refractivity contribution in [3.63, 3.8) is 0 Å². The molecule has 1 saturated heterocycles. The minimum Gasteiger partial charge on any atom is -0.337 e. The van der Waals surface area contributed by atoms with E-state index in [0.717, 1.165) is 24.9 Å². The molecule has 1 fully saturated rings. The van der Waals surface area contributed by atoms with Crippen LogP contribution in [0.5, 0.6) is 0 Å². The van der Waals surface area contributed by atoms with Crippen LogP contribution in [0.25, 0.3) is 0 Å². The van der Waals surface area contributed by atoms with Gasteiger partial charge in [0, 0.05) is 29.7 Å². The van der Waals surface area contributed by atoms with Crippen molar-refractivity contribution in [2.75, 3.05) is 13.1 Å². The summed E-state index contributed by atoms with van der Waals surface area (Å²) in [5.41, 5.74) is 7.51. The Morgan fingerprint density at radius 3 is 2.94 bits per heavy atom. The van der Waals surface area contributed by atoms with Gasteiger partial charge in [0.1, 0.15) is 0 Å². The van der Waals surface area contributed by atoms with Gasteiger partial charge in [0.25, 0.3) is 5.91 Å². The lowest BCUT2D eigenvalue weighted by molar-refractivity contribution is 0.0709. The SMILES string of the molecule is Cc1ccc(C(=O)N2CCCC(N)C2)cc1Cl. The van der Waals surface area contributed by atoms with Crippen LogP contribution in [-0.2, 0) is 0 Å². The van der Waals surface area contributed by atoms with Gasteiger partial charge >= 0.3 is 0 Å². The maximum Gasteiger partial charge on any atom is 0.253 e. The van der Waals surface area contributed by atoms with Crippen molar-refractivity contribution >= 4 is 17.5 Å². The molecule has 0 aliphatic carbocycles. The van der Waals surface area contributed by atoms with Crippen molar-refractivity contribution in [2.24, 2.45) is 5.73 Å². The van der Waals surface area contributed by atoms with E-state index in [9.17, 15) is 4.79 Å². The van der Waals surface area contributed by atoms with Gasteiger partial charge in [0.05, 0.1) is 0 Å². The van der Waals surface area contributed by atoms with E-state index in [4.69, 9.17) is 17.3 Å². The number of hydrogen-bond acceptors (Lipinski definition) is 2. The summed E-state index contributed by atoms with van der Waals surface area (Å²) in [6, 6.07) is 5.54. The summed E-state index contributed by atoms with van der Waals surface area (Å²) < 4.78 is 0. The highest BCUT2D eigenvalue weighted by Crippen LogP contribution is 2.19. The van der Waals surface area contributed by atoms with Gasteiger partial charge in [-0.15, -0.1) is 0 Å². The molecule has 2 N–H and O–H groups in total. The first-order chi connectivity index (χ1) is 8.08. The summed E-state index contributed by atoms with van der Waals surface area (Å²) in [7, 11) is 0. The topological polar surface area (TPSA) is 46.3 Å². The molecule has 17 heavy (non-hydrogen) atoms. The van der Waals surface area contributed by atoms with Crippen LogP contribution in [-0.4, -0.2) is 29.9 Å². The van der Waals surface area contributed by atoms with Gasteiger partial charge in [-0.25, -0.2) is 0 Å². The molecule has 0 aromatic heterocycles. The van der Waals surface area contributed by atoms with Gasteiger partial charge < -0.3 is 10.6 Å². The number of likely N-dealkylation sites (tertiary alicyclic amines) is 1. The van der Waals surface area contributed by atoms with E-state index in [1.807, 2.05) is 24.0 Å². The number of rotatable bonds is 1. The smallest absolute Gasteiger partial charge is 0.253 e. The third kappa shape index (κ3) is 2.79. The third-order valence-electron chi connectivity index (χ3n) is 3.16. The molecule has 3 nitrogen and oxygen atoms in total. The predicted octanol–water partition coefficient (Wildman–Crippen LogP) is 2.21. The molecule has 2 rings (SSSR count). The highest BCUT2D eigenvalue weighted by molar-refractivity contribution is 6.31. The fourth-order valence-electron chi connectivity index (χ4n) is 2.10. The number of aryl methyl sites for hydroxylation is 1. The number of nitrogens with zero attached hydrogens (tertiary/aromatic N) is 1. The third-order valence-corrected chi connectivity index (χ3v) is 3.57. The predicted molar refractivity (Wildman–Crippen MR) is 69.3 cm³/mol. The Bertz CT molecular complexity index is 433. The summed E-state index contributed by atoms with van der Waals surface area (Å²) in [4.78, 5) is 14.0. The summed E-state index contributed by atoms with van der Waals surface area (Å²) in [5.74, 6) is 0.0297. The van der Waals surface area contributed by atoms with Crippen molar-refractivity contribution in [2.45, 2.75) is 25.8 Å². The molecule has 0 spiro atoms. The molecule has 92 valence electrons. The Hall–Kier alpha value is -1.06. The van der Waals surface area contributed by atoms with Gasteiger partial charge in [0.15, 0.2) is 0 Å². The number of carbonyl (C=O) groups excluding carboxylic acids is 1. The number of piperidine rings is 1. The molecule has 1 amide bonds. The van der Waals surface area contributed by atoms with Gasteiger partial charge in [0.2, 0.25) is 0 Å². The lowest BCUT2D eigenvalue weighted by atomic mass is 10.0. The molecule has 1 aromatic rings. The van der Waals surface area contributed by atoms with Gasteiger partial charge in [-0.1, -0.05) is 17.7 Å². The maximum absolute atomic E-state index is 12.2. The van der Waals surface area contributed by atoms with Crippen molar-refractivity contribution in [1.82, 2.24) is 4.90 Å². The van der Waals surface area contributed by atoms with E-state index in [2.05, 4.69) is 0 Å². The van der Waals surface area contributed by atoms with Crippen molar-refractivity contribution in [3.8, 4) is 0 Å². The molecule has 1 aromatic carbocycles. The zero-order valence-corrected chi connectivity index (χ0v) is 10.7. The average Bonchev–Trinajstić information content (AvgIpc) is 2.32. The highest BCUT2D eigenvalue weighted by atomic mass is 35.5. The quantitative estimate of drug-likeness (QED) is 0.833. The number of amides is 1. The van der Waals surface area contributed by atoms with Crippen LogP contribution in [0.2, 0.25) is 5.02 Å². The minimum absolute atomic E-state index is 0.0297. The van der Waals surface area contributed by atoms with E-state index < -0.39 is 0 Å². The molecule has 1 aliphatic rings. The molecular formula is C13H17ClN2O. The number of nitrogens with two attached hydrogens (primary N) is 1. The Labute approximate surface area is 107 Å². The van der Waals surface area contributed by atoms with Crippen molar-refractivity contribution in [3.05, 3.63) is 34.3 Å². The second kappa shape index (κ2) is 5.07. The second-order valence-electron chi connectivity index (χ2n) is 4.62. The van der Waals surface area contributed by atoms with Crippen LogP contribution in [0.15, 0.2) is 18.2 Å². The summed E-state index contributed by atoms with van der Waals surface area (Å²) >= 11 is 6.03. The highest BCUT2D eigenvalue weighted by Gasteiger charge is 2.22. The Morgan fingerprint density at radius 2 is 2.29 bits per heavy atom.